The molecule has 2 aromatic heterocycles. The minimum atomic E-state index is 0.742. The highest BCUT2D eigenvalue weighted by Crippen LogP contribution is 2.21. The molecule has 2 saturated heterocycles. The van der Waals surface area contributed by atoms with Crippen LogP contribution in [0.25, 0.3) is 0 Å². The molecule has 4 rings (SSSR count). The number of aromatic nitrogens is 3. The van der Waals surface area contributed by atoms with Crippen molar-refractivity contribution in [3.8, 4) is 0 Å². The molecule has 2 aromatic rings. The van der Waals surface area contributed by atoms with E-state index < -0.39 is 0 Å². The van der Waals surface area contributed by atoms with Gasteiger partial charge in [0.15, 0.2) is 0 Å². The first-order valence-corrected chi connectivity index (χ1v) is 9.01. The first-order chi connectivity index (χ1) is 12.8. The number of pyridine rings is 1. The maximum atomic E-state index is 10.9. The van der Waals surface area contributed by atoms with Gasteiger partial charge < -0.3 is 19.6 Å². The summed E-state index contributed by atoms with van der Waals surface area (Å²) < 4.78 is 0. The Morgan fingerprint density at radius 2 is 1.31 bits per heavy atom. The van der Waals surface area contributed by atoms with Crippen LogP contribution in [0.5, 0.6) is 0 Å². The van der Waals surface area contributed by atoms with E-state index >= 15 is 0 Å². The molecule has 0 aromatic carbocycles. The standard InChI is InChI=1S/C18H23N7O/c26-15-22-5-7-24(8-6-22)17-13-18(21-14-20-17)25-11-9-23(10-12-25)16-3-1-2-4-19-16/h1-4,13-15H,5-12H2. The lowest BCUT2D eigenvalue weighted by Crippen LogP contribution is -2.47. The zero-order valence-corrected chi connectivity index (χ0v) is 14.7. The number of hydrogen-bond donors (Lipinski definition) is 0. The molecule has 0 aliphatic carbocycles. The molecule has 2 fully saturated rings. The van der Waals surface area contributed by atoms with E-state index in [0.717, 1.165) is 76.2 Å². The fourth-order valence-corrected chi connectivity index (χ4v) is 3.44. The highest BCUT2D eigenvalue weighted by Gasteiger charge is 2.21. The molecular weight excluding hydrogens is 330 g/mol. The lowest BCUT2D eigenvalue weighted by atomic mass is 10.3. The summed E-state index contributed by atoms with van der Waals surface area (Å²) in [6, 6.07) is 8.08. The third-order valence-electron chi connectivity index (χ3n) is 5.00. The maximum Gasteiger partial charge on any atom is 0.209 e. The average Bonchev–Trinajstić information content (AvgIpc) is 2.75. The van der Waals surface area contributed by atoms with Crippen molar-refractivity contribution in [1.82, 2.24) is 19.9 Å². The van der Waals surface area contributed by atoms with Gasteiger partial charge in [0.25, 0.3) is 0 Å². The molecule has 136 valence electrons. The van der Waals surface area contributed by atoms with Gasteiger partial charge in [-0.15, -0.1) is 0 Å². The van der Waals surface area contributed by atoms with Gasteiger partial charge in [0.05, 0.1) is 0 Å². The molecule has 0 spiro atoms. The summed E-state index contributed by atoms with van der Waals surface area (Å²) in [5, 5.41) is 0. The highest BCUT2D eigenvalue weighted by atomic mass is 16.1. The van der Waals surface area contributed by atoms with Crippen LogP contribution in [0, 0.1) is 0 Å². The summed E-state index contributed by atoms with van der Waals surface area (Å²) in [7, 11) is 0. The largest absolute Gasteiger partial charge is 0.353 e. The number of nitrogens with zero attached hydrogens (tertiary/aromatic N) is 7. The normalized spacial score (nSPS) is 18.2. The number of rotatable bonds is 4. The second kappa shape index (κ2) is 7.55. The van der Waals surface area contributed by atoms with E-state index in [9.17, 15) is 4.79 Å². The molecule has 4 heterocycles. The molecule has 0 saturated carbocycles. The fourth-order valence-electron chi connectivity index (χ4n) is 3.44. The Hall–Kier alpha value is -2.90. The summed E-state index contributed by atoms with van der Waals surface area (Å²) >= 11 is 0. The number of amides is 1. The van der Waals surface area contributed by atoms with Crippen LogP contribution in [-0.2, 0) is 4.79 Å². The summed E-state index contributed by atoms with van der Waals surface area (Å²) in [6.45, 7) is 6.77. The highest BCUT2D eigenvalue weighted by molar-refractivity contribution is 5.53. The van der Waals surface area contributed by atoms with E-state index in [1.165, 1.54) is 0 Å². The molecule has 0 unspecified atom stereocenters. The Labute approximate surface area is 153 Å². The van der Waals surface area contributed by atoms with Crippen molar-refractivity contribution in [2.45, 2.75) is 0 Å². The second-order valence-electron chi connectivity index (χ2n) is 6.52. The van der Waals surface area contributed by atoms with E-state index in [1.807, 2.05) is 18.3 Å². The minimum absolute atomic E-state index is 0.742. The Bertz CT molecular complexity index is 725. The zero-order chi connectivity index (χ0) is 17.8. The van der Waals surface area contributed by atoms with Crippen LogP contribution >= 0.6 is 0 Å². The van der Waals surface area contributed by atoms with Crippen LogP contribution in [0.4, 0.5) is 17.5 Å². The molecule has 2 aliphatic rings. The number of carbonyl (C=O) groups is 1. The smallest absolute Gasteiger partial charge is 0.209 e. The van der Waals surface area contributed by atoms with Gasteiger partial charge in [0.1, 0.15) is 23.8 Å². The molecule has 8 nitrogen and oxygen atoms in total. The second-order valence-corrected chi connectivity index (χ2v) is 6.52. The lowest BCUT2D eigenvalue weighted by molar-refractivity contribution is -0.118. The van der Waals surface area contributed by atoms with Crippen molar-refractivity contribution in [1.29, 1.82) is 0 Å². The van der Waals surface area contributed by atoms with Crippen molar-refractivity contribution < 1.29 is 4.79 Å². The van der Waals surface area contributed by atoms with Gasteiger partial charge in [0, 0.05) is 64.6 Å². The third kappa shape index (κ3) is 3.54. The molecule has 0 N–H and O–H groups in total. The molecule has 0 bridgehead atoms. The Morgan fingerprint density at radius 1 is 0.731 bits per heavy atom. The first-order valence-electron chi connectivity index (χ1n) is 9.01. The van der Waals surface area contributed by atoms with E-state index in [1.54, 1.807) is 11.2 Å². The summed E-state index contributed by atoms with van der Waals surface area (Å²) in [5.41, 5.74) is 0. The van der Waals surface area contributed by atoms with Gasteiger partial charge in [-0.05, 0) is 12.1 Å². The van der Waals surface area contributed by atoms with Crippen LogP contribution in [0.2, 0.25) is 0 Å². The van der Waals surface area contributed by atoms with Crippen molar-refractivity contribution in [2.75, 3.05) is 67.1 Å². The van der Waals surface area contributed by atoms with Gasteiger partial charge in [0.2, 0.25) is 6.41 Å². The van der Waals surface area contributed by atoms with Crippen molar-refractivity contribution >= 4 is 23.9 Å². The number of anilines is 3. The van der Waals surface area contributed by atoms with Crippen LogP contribution in [0.15, 0.2) is 36.8 Å². The van der Waals surface area contributed by atoms with Crippen LogP contribution in [-0.4, -0.2) is 78.6 Å². The van der Waals surface area contributed by atoms with E-state index in [2.05, 4.69) is 41.8 Å². The summed E-state index contributed by atoms with van der Waals surface area (Å²) in [4.78, 5) is 32.8. The quantitative estimate of drug-likeness (QED) is 0.741. The molecule has 0 atom stereocenters. The number of piperazine rings is 2. The Morgan fingerprint density at radius 3 is 1.85 bits per heavy atom. The maximum absolute atomic E-state index is 10.9. The van der Waals surface area contributed by atoms with Crippen LogP contribution in [0.1, 0.15) is 0 Å². The van der Waals surface area contributed by atoms with Gasteiger partial charge in [-0.25, -0.2) is 15.0 Å². The van der Waals surface area contributed by atoms with Crippen molar-refractivity contribution in [3.05, 3.63) is 36.8 Å². The average molecular weight is 353 g/mol. The predicted octanol–water partition coefficient (Wildman–Crippen LogP) is 0.477. The molecule has 1 amide bonds. The minimum Gasteiger partial charge on any atom is -0.353 e. The molecular formula is C18H23N7O. The van der Waals surface area contributed by atoms with Gasteiger partial charge in [-0.3, -0.25) is 4.79 Å². The van der Waals surface area contributed by atoms with Gasteiger partial charge >= 0.3 is 0 Å². The molecule has 0 radical (unpaired) electrons. The predicted molar refractivity (Wildman–Crippen MR) is 101 cm³/mol. The van der Waals surface area contributed by atoms with Gasteiger partial charge in [-0.1, -0.05) is 6.07 Å². The van der Waals surface area contributed by atoms with Crippen LogP contribution < -0.4 is 14.7 Å². The SMILES string of the molecule is O=CN1CCN(c2cc(N3CCN(c4ccccn4)CC3)ncn2)CC1. The Kier molecular flexibility index (Phi) is 4.81. The van der Waals surface area contributed by atoms with Crippen LogP contribution in [0.3, 0.4) is 0 Å². The van der Waals surface area contributed by atoms with E-state index in [-0.39, 0.29) is 0 Å². The molecule has 8 heteroatoms. The monoisotopic (exact) mass is 353 g/mol. The number of carbonyl (C=O) groups excluding carboxylic acids is 1. The number of hydrogen-bond acceptors (Lipinski definition) is 7. The van der Waals surface area contributed by atoms with Crippen molar-refractivity contribution in [2.24, 2.45) is 0 Å². The molecule has 2 aliphatic heterocycles. The summed E-state index contributed by atoms with van der Waals surface area (Å²) in [5.74, 6) is 2.93. The van der Waals surface area contributed by atoms with E-state index in [0.29, 0.717) is 0 Å². The zero-order valence-electron chi connectivity index (χ0n) is 14.7. The topological polar surface area (TPSA) is 68.7 Å². The fraction of sp³-hybridized carbons (Fsp3) is 0.444. The lowest BCUT2D eigenvalue weighted by Gasteiger charge is -2.37. The first kappa shape index (κ1) is 16.6. The summed E-state index contributed by atoms with van der Waals surface area (Å²) in [6.07, 6.45) is 4.40. The third-order valence-corrected chi connectivity index (χ3v) is 5.00. The van der Waals surface area contributed by atoms with E-state index in [4.69, 9.17) is 0 Å². The van der Waals surface area contributed by atoms with Crippen molar-refractivity contribution in [3.63, 3.8) is 0 Å². The molecule has 26 heavy (non-hydrogen) atoms. The van der Waals surface area contributed by atoms with Gasteiger partial charge in [-0.2, -0.15) is 0 Å². The Balaban J connectivity index is 1.39.